The maximum atomic E-state index is 12.4. The van der Waals surface area contributed by atoms with Crippen LogP contribution in [0.25, 0.3) is 0 Å². The first-order valence-corrected chi connectivity index (χ1v) is 7.45. The topological polar surface area (TPSA) is 112 Å². The molecule has 0 saturated carbocycles. The summed E-state index contributed by atoms with van der Waals surface area (Å²) in [5.74, 6) is -2.53. The highest BCUT2D eigenvalue weighted by Gasteiger charge is 2.24. The molecule has 0 bridgehead atoms. The maximum absolute atomic E-state index is 12.4. The zero-order valence-electron chi connectivity index (χ0n) is 11.8. The molecule has 0 saturated heterocycles. The van der Waals surface area contributed by atoms with Crippen molar-refractivity contribution in [3.8, 4) is 0 Å². The first-order valence-electron chi connectivity index (χ1n) is 6.37. The van der Waals surface area contributed by atoms with Gasteiger partial charge in [0.25, 0.3) is 11.6 Å². The maximum Gasteiger partial charge on any atom is 0.282 e. The van der Waals surface area contributed by atoms with Gasteiger partial charge in [0, 0.05) is 20.9 Å². The molecule has 0 heterocycles. The fourth-order valence-electron chi connectivity index (χ4n) is 2.01. The lowest BCUT2D eigenvalue weighted by Crippen LogP contribution is -2.27. The van der Waals surface area contributed by atoms with Gasteiger partial charge in [0.2, 0.25) is 0 Å². The third kappa shape index (κ3) is 3.65. The van der Waals surface area contributed by atoms with E-state index in [1.54, 1.807) is 19.1 Å². The quantitative estimate of drug-likeness (QED) is 0.458. The van der Waals surface area contributed by atoms with Crippen LogP contribution in [0.4, 0.5) is 11.4 Å². The van der Waals surface area contributed by atoms with Crippen molar-refractivity contribution >= 4 is 45.8 Å². The van der Waals surface area contributed by atoms with E-state index in [1.165, 1.54) is 6.07 Å². The van der Waals surface area contributed by atoms with Crippen molar-refractivity contribution in [2.45, 2.75) is 6.92 Å². The molecule has 8 heteroatoms. The van der Waals surface area contributed by atoms with Crippen molar-refractivity contribution in [3.63, 3.8) is 0 Å². The largest absolute Gasteiger partial charge is 0.545 e. The van der Waals surface area contributed by atoms with Crippen molar-refractivity contribution < 1.29 is 19.6 Å². The van der Waals surface area contributed by atoms with Crippen LogP contribution in [0.3, 0.4) is 0 Å². The molecule has 0 fully saturated rings. The first kappa shape index (κ1) is 16.9. The molecule has 0 radical (unpaired) electrons. The van der Waals surface area contributed by atoms with Crippen molar-refractivity contribution in [1.82, 2.24) is 0 Å². The molecular weight excluding hydrogens is 415 g/mol. The average molecular weight is 425 g/mol. The summed E-state index contributed by atoms with van der Waals surface area (Å²) < 4.78 is 0.853. The molecule has 2 rings (SSSR count). The molecule has 7 nitrogen and oxygen atoms in total. The molecule has 0 unspecified atom stereocenters. The number of carboxylic acids is 1. The number of carbonyl (C=O) groups is 2. The summed E-state index contributed by atoms with van der Waals surface area (Å²) in [6.07, 6.45) is 0. The smallest absolute Gasteiger partial charge is 0.282 e. The number of halogens is 1. The number of carbonyl (C=O) groups excluding carboxylic acids is 2. The molecule has 0 spiro atoms. The second-order valence-corrected chi connectivity index (χ2v) is 5.90. The van der Waals surface area contributed by atoms with E-state index in [4.69, 9.17) is 0 Å². The van der Waals surface area contributed by atoms with Gasteiger partial charge in [-0.15, -0.1) is 0 Å². The Bertz CT molecular complexity index is 787. The molecule has 0 atom stereocenters. The molecule has 1 N–H and O–H groups in total. The molecular formula is C15H10IN2O5-. The van der Waals surface area contributed by atoms with Crippen LogP contribution in [0.2, 0.25) is 0 Å². The molecule has 1 amide bonds. The number of hydrogen-bond donors (Lipinski definition) is 1. The van der Waals surface area contributed by atoms with Crippen molar-refractivity contribution in [3.05, 3.63) is 66.8 Å². The van der Waals surface area contributed by atoms with Gasteiger partial charge in [0.15, 0.2) is 0 Å². The fourth-order valence-corrected chi connectivity index (χ4v) is 2.51. The number of amides is 1. The summed E-state index contributed by atoms with van der Waals surface area (Å²) in [5.41, 5.74) is -0.458. The Morgan fingerprint density at radius 2 is 1.91 bits per heavy atom. The Balaban J connectivity index is 2.52. The summed E-state index contributed by atoms with van der Waals surface area (Å²) in [6.45, 7) is 1.75. The minimum atomic E-state index is -1.65. The fraction of sp³-hybridized carbons (Fsp3) is 0.0667. The minimum Gasteiger partial charge on any atom is -0.545 e. The molecule has 0 aromatic heterocycles. The van der Waals surface area contributed by atoms with E-state index in [2.05, 4.69) is 27.9 Å². The summed E-state index contributed by atoms with van der Waals surface area (Å²) in [4.78, 5) is 33.9. The van der Waals surface area contributed by atoms with Gasteiger partial charge in [-0.2, -0.15) is 0 Å². The Morgan fingerprint density at radius 1 is 1.22 bits per heavy atom. The molecule has 23 heavy (non-hydrogen) atoms. The van der Waals surface area contributed by atoms with Crippen LogP contribution in [0.1, 0.15) is 26.3 Å². The molecule has 118 valence electrons. The Kier molecular flexibility index (Phi) is 4.94. The van der Waals surface area contributed by atoms with E-state index in [9.17, 15) is 24.8 Å². The zero-order valence-corrected chi connectivity index (χ0v) is 14.0. The van der Waals surface area contributed by atoms with Gasteiger partial charge in [-0.1, -0.05) is 18.2 Å². The van der Waals surface area contributed by atoms with Crippen LogP contribution >= 0.6 is 22.6 Å². The number of nitro benzene ring substituents is 1. The van der Waals surface area contributed by atoms with E-state index < -0.39 is 33.6 Å². The third-order valence-electron chi connectivity index (χ3n) is 3.13. The molecule has 0 aliphatic carbocycles. The number of aromatic carboxylic acids is 1. The van der Waals surface area contributed by atoms with E-state index in [-0.39, 0.29) is 0 Å². The Hall–Kier alpha value is -2.49. The van der Waals surface area contributed by atoms with Gasteiger partial charge in [-0.3, -0.25) is 14.9 Å². The molecule has 0 aliphatic heterocycles. The van der Waals surface area contributed by atoms with Crippen LogP contribution in [0.15, 0.2) is 36.4 Å². The number of nitrogens with one attached hydrogen (secondary N) is 1. The number of nitro groups is 1. The van der Waals surface area contributed by atoms with E-state index >= 15 is 0 Å². The van der Waals surface area contributed by atoms with E-state index in [0.29, 0.717) is 5.69 Å². The molecule has 2 aromatic rings. The second kappa shape index (κ2) is 6.73. The minimum absolute atomic E-state index is 0.448. The number of rotatable bonds is 4. The van der Waals surface area contributed by atoms with E-state index in [0.717, 1.165) is 21.3 Å². The number of aryl methyl sites for hydroxylation is 1. The van der Waals surface area contributed by atoms with Crippen LogP contribution < -0.4 is 10.4 Å². The molecule has 0 aliphatic rings. The van der Waals surface area contributed by atoms with Gasteiger partial charge in [-0.25, -0.2) is 0 Å². The lowest BCUT2D eigenvalue weighted by molar-refractivity contribution is -0.385. The van der Waals surface area contributed by atoms with Gasteiger partial charge < -0.3 is 15.2 Å². The number of nitrogens with zero attached hydrogens (tertiary/aromatic N) is 1. The summed E-state index contributed by atoms with van der Waals surface area (Å²) >= 11 is 2.05. The Morgan fingerprint density at radius 3 is 2.52 bits per heavy atom. The standard InChI is InChI=1S/C15H11IN2O5/c1-8-5-6-9(16)7-11(8)17-14(19)13-10(15(20)21)3-2-4-12(13)18(22)23/h2-7H,1H3,(H,17,19)(H,20,21)/p-1. The number of hydrogen-bond acceptors (Lipinski definition) is 5. The number of carboxylic acid groups (broad SMARTS) is 1. The predicted octanol–water partition coefficient (Wildman–Crippen LogP) is 2.12. The normalized spacial score (nSPS) is 10.2. The van der Waals surface area contributed by atoms with Crippen molar-refractivity contribution in [1.29, 1.82) is 0 Å². The lowest BCUT2D eigenvalue weighted by Gasteiger charge is -2.13. The highest BCUT2D eigenvalue weighted by molar-refractivity contribution is 14.1. The molecule has 2 aromatic carbocycles. The van der Waals surface area contributed by atoms with Gasteiger partial charge in [0.05, 0.1) is 10.9 Å². The highest BCUT2D eigenvalue weighted by atomic mass is 127. The summed E-state index contributed by atoms with van der Waals surface area (Å²) in [7, 11) is 0. The SMILES string of the molecule is Cc1ccc(I)cc1NC(=O)c1c(C(=O)[O-])cccc1[N+](=O)[O-]. The first-order chi connectivity index (χ1) is 10.8. The van der Waals surface area contributed by atoms with Crippen LogP contribution in [0.5, 0.6) is 0 Å². The van der Waals surface area contributed by atoms with Gasteiger partial charge >= 0.3 is 0 Å². The summed E-state index contributed by atoms with van der Waals surface area (Å²) in [5, 5.41) is 24.8. The van der Waals surface area contributed by atoms with Crippen LogP contribution in [-0.4, -0.2) is 16.8 Å². The van der Waals surface area contributed by atoms with Gasteiger partial charge in [-0.05, 0) is 47.2 Å². The number of anilines is 1. The predicted molar refractivity (Wildman–Crippen MR) is 89.3 cm³/mol. The number of benzene rings is 2. The second-order valence-electron chi connectivity index (χ2n) is 4.66. The Labute approximate surface area is 144 Å². The summed E-state index contributed by atoms with van der Waals surface area (Å²) in [6, 6.07) is 8.65. The van der Waals surface area contributed by atoms with Crippen LogP contribution in [0, 0.1) is 20.6 Å². The van der Waals surface area contributed by atoms with Crippen molar-refractivity contribution in [2.75, 3.05) is 5.32 Å². The van der Waals surface area contributed by atoms with E-state index in [1.807, 2.05) is 6.07 Å². The van der Waals surface area contributed by atoms with Crippen molar-refractivity contribution in [2.24, 2.45) is 0 Å². The van der Waals surface area contributed by atoms with Gasteiger partial charge in [0.1, 0.15) is 5.56 Å². The highest BCUT2D eigenvalue weighted by Crippen LogP contribution is 2.25. The van der Waals surface area contributed by atoms with Crippen LogP contribution in [-0.2, 0) is 0 Å². The lowest BCUT2D eigenvalue weighted by atomic mass is 10.0. The zero-order chi connectivity index (χ0) is 17.1. The monoisotopic (exact) mass is 425 g/mol. The average Bonchev–Trinajstić information content (AvgIpc) is 2.49. The third-order valence-corrected chi connectivity index (χ3v) is 3.80.